The molecule has 0 N–H and O–H groups in total. The summed E-state index contributed by atoms with van der Waals surface area (Å²) >= 11 is 5.77. The molecule has 0 atom stereocenters. The van der Waals surface area contributed by atoms with E-state index in [2.05, 4.69) is 17.0 Å². The van der Waals surface area contributed by atoms with Gasteiger partial charge in [-0.2, -0.15) is 0 Å². The Morgan fingerprint density at radius 3 is 2.30 bits per heavy atom. The Morgan fingerprint density at radius 1 is 1.10 bits per heavy atom. The monoisotopic (exact) mass is 292 g/mol. The van der Waals surface area contributed by atoms with Crippen LogP contribution in [0, 0.1) is 0 Å². The molecule has 0 radical (unpaired) electrons. The van der Waals surface area contributed by atoms with Crippen LogP contribution in [0.5, 0.6) is 0 Å². The largest absolute Gasteiger partial charge is 0.339 e. The molecule has 1 saturated carbocycles. The summed E-state index contributed by atoms with van der Waals surface area (Å²) in [5.41, 5.74) is 0.976. The molecule has 1 aliphatic heterocycles. The molecule has 2 fully saturated rings. The molecule has 2 aliphatic rings. The Morgan fingerprint density at radius 2 is 1.75 bits per heavy atom. The summed E-state index contributed by atoms with van der Waals surface area (Å²) in [6.07, 6.45) is 2.00. The number of carbonyl (C=O) groups excluding carboxylic acids is 1. The second-order valence-corrected chi connectivity index (χ2v) is 6.15. The molecular formula is C16H21ClN2O. The molecule has 0 bridgehead atoms. The van der Waals surface area contributed by atoms with Crippen LogP contribution in [0.25, 0.3) is 0 Å². The fourth-order valence-corrected chi connectivity index (χ4v) is 3.34. The topological polar surface area (TPSA) is 23.6 Å². The van der Waals surface area contributed by atoms with Crippen LogP contribution in [-0.4, -0.2) is 54.3 Å². The molecule has 1 saturated heterocycles. The quantitative estimate of drug-likeness (QED) is 0.794. The maximum Gasteiger partial charge on any atom is 0.233 e. The molecule has 4 heteroatoms. The Hall–Kier alpha value is -1.06. The second-order valence-electron chi connectivity index (χ2n) is 5.77. The number of hydrogen-bond acceptors (Lipinski definition) is 2. The number of carbonyl (C=O) groups is 1. The number of rotatable bonds is 4. The van der Waals surface area contributed by atoms with Gasteiger partial charge >= 0.3 is 0 Å². The van der Waals surface area contributed by atoms with E-state index in [1.54, 1.807) is 0 Å². The van der Waals surface area contributed by atoms with Gasteiger partial charge < -0.3 is 4.90 Å². The summed E-state index contributed by atoms with van der Waals surface area (Å²) < 4.78 is 0. The fraction of sp³-hybridized carbons (Fsp3) is 0.562. The van der Waals surface area contributed by atoms with Crippen LogP contribution in [0.15, 0.2) is 30.3 Å². The first-order valence-corrected chi connectivity index (χ1v) is 7.93. The van der Waals surface area contributed by atoms with E-state index < -0.39 is 0 Å². The Labute approximate surface area is 125 Å². The average Bonchev–Trinajstić information content (AvgIpc) is 3.30. The maximum absolute atomic E-state index is 12.8. The smallest absolute Gasteiger partial charge is 0.233 e. The molecule has 0 spiro atoms. The zero-order valence-corrected chi connectivity index (χ0v) is 12.5. The lowest BCUT2D eigenvalue weighted by molar-refractivity contribution is -0.135. The van der Waals surface area contributed by atoms with Gasteiger partial charge in [0.1, 0.15) is 0 Å². The van der Waals surface area contributed by atoms with E-state index in [0.29, 0.717) is 11.8 Å². The van der Waals surface area contributed by atoms with Gasteiger partial charge in [0, 0.05) is 38.6 Å². The first-order chi connectivity index (χ1) is 9.76. The molecule has 1 aromatic rings. The summed E-state index contributed by atoms with van der Waals surface area (Å²) in [6, 6.07) is 10.3. The minimum atomic E-state index is -0.212. The summed E-state index contributed by atoms with van der Waals surface area (Å²) in [6.45, 7) is 4.49. The summed E-state index contributed by atoms with van der Waals surface area (Å²) in [7, 11) is 0. The second kappa shape index (κ2) is 5.74. The van der Waals surface area contributed by atoms with Gasteiger partial charge in [-0.3, -0.25) is 9.69 Å². The van der Waals surface area contributed by atoms with Crippen molar-refractivity contribution < 1.29 is 4.79 Å². The first-order valence-electron chi connectivity index (χ1n) is 7.39. The van der Waals surface area contributed by atoms with Crippen molar-refractivity contribution in [1.82, 2.24) is 9.80 Å². The van der Waals surface area contributed by atoms with Crippen molar-refractivity contribution in [2.45, 2.75) is 18.3 Å². The fourth-order valence-electron chi connectivity index (χ4n) is 3.10. The summed E-state index contributed by atoms with van der Waals surface area (Å²) in [5, 5.41) is 0. The third-order valence-electron chi connectivity index (χ3n) is 4.55. The number of halogens is 1. The normalized spacial score (nSPS) is 21.8. The van der Waals surface area contributed by atoms with Crippen molar-refractivity contribution in [3.05, 3.63) is 35.9 Å². The highest BCUT2D eigenvalue weighted by atomic mass is 35.5. The number of benzene rings is 1. The third-order valence-corrected chi connectivity index (χ3v) is 4.72. The SMILES string of the molecule is O=C(N1CCN(CCCl)CC1)C1(c2ccccc2)CC1. The minimum absolute atomic E-state index is 0.212. The van der Waals surface area contributed by atoms with Crippen molar-refractivity contribution in [1.29, 1.82) is 0 Å². The lowest BCUT2D eigenvalue weighted by atomic mass is 9.94. The molecule has 20 heavy (non-hydrogen) atoms. The van der Waals surface area contributed by atoms with Crippen LogP contribution in [0.2, 0.25) is 0 Å². The molecule has 0 aromatic heterocycles. The lowest BCUT2D eigenvalue weighted by Crippen LogP contribution is -2.51. The highest BCUT2D eigenvalue weighted by Gasteiger charge is 2.53. The van der Waals surface area contributed by atoms with Crippen molar-refractivity contribution in [2.75, 3.05) is 38.6 Å². The van der Waals surface area contributed by atoms with Gasteiger partial charge in [0.2, 0.25) is 5.91 Å². The molecule has 1 heterocycles. The van der Waals surface area contributed by atoms with Crippen LogP contribution in [-0.2, 0) is 10.2 Å². The third kappa shape index (κ3) is 2.57. The van der Waals surface area contributed by atoms with Gasteiger partial charge in [-0.15, -0.1) is 11.6 Å². The van der Waals surface area contributed by atoms with Crippen molar-refractivity contribution in [2.24, 2.45) is 0 Å². The van der Waals surface area contributed by atoms with Crippen molar-refractivity contribution >= 4 is 17.5 Å². The summed E-state index contributed by atoms with van der Waals surface area (Å²) in [5.74, 6) is 0.997. The molecule has 0 unspecified atom stereocenters. The average molecular weight is 293 g/mol. The van der Waals surface area contributed by atoms with E-state index in [1.165, 1.54) is 5.56 Å². The van der Waals surface area contributed by atoms with Crippen LogP contribution in [0.4, 0.5) is 0 Å². The maximum atomic E-state index is 12.8. The van der Waals surface area contributed by atoms with Gasteiger partial charge in [0.15, 0.2) is 0 Å². The lowest BCUT2D eigenvalue weighted by Gasteiger charge is -2.36. The number of piperazine rings is 1. The highest BCUT2D eigenvalue weighted by molar-refractivity contribution is 6.18. The van der Waals surface area contributed by atoms with E-state index in [0.717, 1.165) is 45.6 Å². The van der Waals surface area contributed by atoms with E-state index in [9.17, 15) is 4.79 Å². The van der Waals surface area contributed by atoms with Crippen molar-refractivity contribution in [3.8, 4) is 0 Å². The molecule has 108 valence electrons. The van der Waals surface area contributed by atoms with E-state index in [4.69, 9.17) is 11.6 Å². The highest BCUT2D eigenvalue weighted by Crippen LogP contribution is 2.49. The number of alkyl halides is 1. The van der Waals surface area contributed by atoms with Gasteiger partial charge in [0.05, 0.1) is 5.41 Å². The van der Waals surface area contributed by atoms with Crippen LogP contribution in [0.1, 0.15) is 18.4 Å². The molecule has 1 aromatic carbocycles. The van der Waals surface area contributed by atoms with E-state index >= 15 is 0 Å². The van der Waals surface area contributed by atoms with Gasteiger partial charge in [-0.1, -0.05) is 30.3 Å². The van der Waals surface area contributed by atoms with Crippen LogP contribution >= 0.6 is 11.6 Å². The number of hydrogen-bond donors (Lipinski definition) is 0. The number of amides is 1. The standard InChI is InChI=1S/C16H21ClN2O/c17-8-9-18-10-12-19(13-11-18)15(20)16(6-7-16)14-4-2-1-3-5-14/h1-5H,6-13H2. The van der Waals surface area contributed by atoms with Gasteiger partial charge in [0.25, 0.3) is 0 Å². The van der Waals surface area contributed by atoms with E-state index in [-0.39, 0.29) is 5.41 Å². The molecular weight excluding hydrogens is 272 g/mol. The number of nitrogens with zero attached hydrogens (tertiary/aromatic N) is 2. The minimum Gasteiger partial charge on any atom is -0.339 e. The van der Waals surface area contributed by atoms with Gasteiger partial charge in [-0.25, -0.2) is 0 Å². The zero-order valence-electron chi connectivity index (χ0n) is 11.7. The van der Waals surface area contributed by atoms with Crippen LogP contribution in [0.3, 0.4) is 0 Å². The zero-order chi connectivity index (χ0) is 14.0. The Kier molecular flexibility index (Phi) is 3.99. The van der Waals surface area contributed by atoms with E-state index in [1.807, 2.05) is 23.1 Å². The predicted octanol–water partition coefficient (Wildman–Crippen LogP) is 2.10. The Balaban J connectivity index is 1.66. The molecule has 1 aliphatic carbocycles. The Bertz CT molecular complexity index is 465. The molecule has 3 nitrogen and oxygen atoms in total. The predicted molar refractivity (Wildman–Crippen MR) is 81.1 cm³/mol. The van der Waals surface area contributed by atoms with Crippen LogP contribution < -0.4 is 0 Å². The molecule has 3 rings (SSSR count). The first kappa shape index (κ1) is 13.9. The van der Waals surface area contributed by atoms with Gasteiger partial charge in [-0.05, 0) is 18.4 Å². The van der Waals surface area contributed by atoms with Crippen molar-refractivity contribution in [3.63, 3.8) is 0 Å². The summed E-state index contributed by atoms with van der Waals surface area (Å²) in [4.78, 5) is 17.2. The molecule has 1 amide bonds.